The van der Waals surface area contributed by atoms with Gasteiger partial charge in [0.2, 0.25) is 0 Å². The first kappa shape index (κ1) is 12.8. The smallest absolute Gasteiger partial charge is 0.188 e. The zero-order valence-electron chi connectivity index (χ0n) is 9.82. The molecule has 0 fully saturated rings. The lowest BCUT2D eigenvalue weighted by Crippen LogP contribution is -2.05. The second-order valence-electron chi connectivity index (χ2n) is 3.70. The largest absolute Gasteiger partial charge is 0.298 e. The summed E-state index contributed by atoms with van der Waals surface area (Å²) < 4.78 is 0. The van der Waals surface area contributed by atoms with Crippen LogP contribution in [0.3, 0.4) is 0 Å². The second-order valence-corrected chi connectivity index (χ2v) is 3.70. The van der Waals surface area contributed by atoms with Crippen LogP contribution in [0, 0.1) is 0 Å². The summed E-state index contributed by atoms with van der Waals surface area (Å²) in [6.45, 7) is 12.5. The maximum atomic E-state index is 11.9. The van der Waals surface area contributed by atoms with Crippen LogP contribution in [0.1, 0.15) is 38.8 Å². The summed E-state index contributed by atoms with van der Waals surface area (Å²) in [6.07, 6.45) is 3.91. The molecule has 0 radical (unpaired) electrons. The van der Waals surface area contributed by atoms with Gasteiger partial charge in [0.15, 0.2) is 12.1 Å². The summed E-state index contributed by atoms with van der Waals surface area (Å²) in [5.41, 5.74) is 2.65. The standard InChI is InChI=1S/C15H14O2/c1-5-11-7-13(9-16)14(8-12(11)6-2)15(17)10(3)4/h5-9H,1-3H2,4H3. The van der Waals surface area contributed by atoms with Crippen molar-refractivity contribution in [1.29, 1.82) is 0 Å². The Labute approximate surface area is 101 Å². The number of carbonyl (C=O) groups excluding carboxylic acids is 2. The highest BCUT2D eigenvalue weighted by Crippen LogP contribution is 2.20. The molecule has 0 bridgehead atoms. The fourth-order valence-corrected chi connectivity index (χ4v) is 1.53. The predicted molar refractivity (Wildman–Crippen MR) is 71.2 cm³/mol. The Hall–Kier alpha value is -2.22. The molecule has 0 amide bonds. The van der Waals surface area contributed by atoms with Gasteiger partial charge in [-0.2, -0.15) is 0 Å². The topological polar surface area (TPSA) is 34.1 Å². The fraction of sp³-hybridized carbons (Fsp3) is 0.0667. The molecular formula is C15H14O2. The predicted octanol–water partition coefficient (Wildman–Crippen LogP) is 3.54. The van der Waals surface area contributed by atoms with E-state index >= 15 is 0 Å². The SMILES string of the molecule is C=Cc1cc(C=O)c(C(=O)C(=C)C)cc1C=C. The molecule has 0 spiro atoms. The van der Waals surface area contributed by atoms with Crippen molar-refractivity contribution in [3.63, 3.8) is 0 Å². The van der Waals surface area contributed by atoms with Crippen LogP contribution in [-0.4, -0.2) is 12.1 Å². The third-order valence-corrected chi connectivity index (χ3v) is 2.45. The summed E-state index contributed by atoms with van der Waals surface area (Å²) in [5, 5.41) is 0. The van der Waals surface area contributed by atoms with E-state index < -0.39 is 0 Å². The summed E-state index contributed by atoms with van der Waals surface area (Å²) in [5.74, 6) is -0.231. The van der Waals surface area contributed by atoms with Crippen LogP contribution in [0.2, 0.25) is 0 Å². The number of Topliss-reactive ketones (excluding diaryl/α,β-unsaturated/α-hetero) is 1. The number of ketones is 1. The first-order valence-corrected chi connectivity index (χ1v) is 5.13. The third kappa shape index (κ3) is 2.48. The zero-order valence-corrected chi connectivity index (χ0v) is 9.82. The number of rotatable bonds is 5. The summed E-state index contributed by atoms with van der Waals surface area (Å²) in [4.78, 5) is 22.9. The molecule has 1 aromatic rings. The van der Waals surface area contributed by atoms with Crippen molar-refractivity contribution in [2.24, 2.45) is 0 Å². The van der Waals surface area contributed by atoms with Gasteiger partial charge in [-0.05, 0) is 35.8 Å². The third-order valence-electron chi connectivity index (χ3n) is 2.45. The lowest BCUT2D eigenvalue weighted by atomic mass is 9.94. The Kier molecular flexibility index (Phi) is 3.94. The fourth-order valence-electron chi connectivity index (χ4n) is 1.53. The van der Waals surface area contributed by atoms with Crippen molar-refractivity contribution in [2.45, 2.75) is 6.92 Å². The molecule has 0 aromatic heterocycles. The van der Waals surface area contributed by atoms with Crippen molar-refractivity contribution < 1.29 is 9.59 Å². The van der Waals surface area contributed by atoms with Crippen LogP contribution in [0.25, 0.3) is 12.2 Å². The highest BCUT2D eigenvalue weighted by molar-refractivity contribution is 6.12. The number of carbonyl (C=O) groups is 2. The first-order chi connectivity index (χ1) is 8.04. The number of hydrogen-bond acceptors (Lipinski definition) is 2. The molecule has 17 heavy (non-hydrogen) atoms. The Morgan fingerprint density at radius 3 is 2.06 bits per heavy atom. The van der Waals surface area contributed by atoms with E-state index in [0.717, 1.165) is 11.1 Å². The Bertz CT molecular complexity index is 522. The maximum absolute atomic E-state index is 11.9. The average Bonchev–Trinajstić information content (AvgIpc) is 2.35. The molecule has 1 aromatic carbocycles. The average molecular weight is 226 g/mol. The van der Waals surface area contributed by atoms with Crippen LogP contribution in [-0.2, 0) is 0 Å². The molecule has 0 saturated heterocycles. The van der Waals surface area contributed by atoms with Gasteiger partial charge in [0, 0.05) is 11.1 Å². The number of allylic oxidation sites excluding steroid dienone is 1. The summed E-state index contributed by atoms with van der Waals surface area (Å²) in [7, 11) is 0. The van der Waals surface area contributed by atoms with Gasteiger partial charge in [-0.25, -0.2) is 0 Å². The van der Waals surface area contributed by atoms with E-state index in [0.29, 0.717) is 23.0 Å². The van der Waals surface area contributed by atoms with Crippen molar-refractivity contribution in [1.82, 2.24) is 0 Å². The Morgan fingerprint density at radius 2 is 1.65 bits per heavy atom. The minimum absolute atomic E-state index is 0.231. The molecule has 0 aliphatic heterocycles. The summed E-state index contributed by atoms with van der Waals surface area (Å²) in [6, 6.07) is 3.28. The quantitative estimate of drug-likeness (QED) is 0.437. The summed E-state index contributed by atoms with van der Waals surface area (Å²) >= 11 is 0. The van der Waals surface area contributed by atoms with Crippen LogP contribution >= 0.6 is 0 Å². The van der Waals surface area contributed by atoms with E-state index in [4.69, 9.17) is 0 Å². The molecule has 86 valence electrons. The lowest BCUT2D eigenvalue weighted by Gasteiger charge is -2.08. The Balaban J connectivity index is 3.54. The highest BCUT2D eigenvalue weighted by Gasteiger charge is 2.13. The van der Waals surface area contributed by atoms with Gasteiger partial charge >= 0.3 is 0 Å². The minimum Gasteiger partial charge on any atom is -0.298 e. The van der Waals surface area contributed by atoms with E-state index in [1.165, 1.54) is 0 Å². The molecule has 0 heterocycles. The van der Waals surface area contributed by atoms with Crippen LogP contribution in [0.5, 0.6) is 0 Å². The van der Waals surface area contributed by atoms with Crippen LogP contribution in [0.4, 0.5) is 0 Å². The first-order valence-electron chi connectivity index (χ1n) is 5.13. The molecule has 2 heteroatoms. The Morgan fingerprint density at radius 1 is 1.12 bits per heavy atom. The lowest BCUT2D eigenvalue weighted by molar-refractivity contribution is 0.102. The molecule has 0 N–H and O–H groups in total. The zero-order chi connectivity index (χ0) is 13.0. The molecule has 0 aliphatic rings. The van der Waals surface area contributed by atoms with Crippen molar-refractivity contribution >= 4 is 24.2 Å². The van der Waals surface area contributed by atoms with E-state index in [9.17, 15) is 9.59 Å². The maximum Gasteiger partial charge on any atom is 0.188 e. The number of benzene rings is 1. The van der Waals surface area contributed by atoms with Gasteiger partial charge in [-0.3, -0.25) is 9.59 Å². The van der Waals surface area contributed by atoms with E-state index in [-0.39, 0.29) is 5.78 Å². The van der Waals surface area contributed by atoms with Crippen molar-refractivity contribution in [2.75, 3.05) is 0 Å². The van der Waals surface area contributed by atoms with Crippen molar-refractivity contribution in [3.05, 3.63) is 59.7 Å². The van der Waals surface area contributed by atoms with Crippen LogP contribution < -0.4 is 0 Å². The van der Waals surface area contributed by atoms with Crippen molar-refractivity contribution in [3.8, 4) is 0 Å². The number of aldehydes is 1. The minimum atomic E-state index is -0.231. The van der Waals surface area contributed by atoms with Gasteiger partial charge in [0.05, 0.1) is 0 Å². The molecule has 1 rings (SSSR count). The molecule has 0 aliphatic carbocycles. The molecular weight excluding hydrogens is 212 g/mol. The van der Waals surface area contributed by atoms with E-state index in [2.05, 4.69) is 19.7 Å². The molecule has 0 atom stereocenters. The van der Waals surface area contributed by atoms with Gasteiger partial charge < -0.3 is 0 Å². The van der Waals surface area contributed by atoms with Crippen LogP contribution in [0.15, 0.2) is 37.4 Å². The van der Waals surface area contributed by atoms with Gasteiger partial charge in [-0.15, -0.1) is 0 Å². The van der Waals surface area contributed by atoms with Gasteiger partial charge in [-0.1, -0.05) is 31.9 Å². The monoisotopic (exact) mass is 226 g/mol. The van der Waals surface area contributed by atoms with Gasteiger partial charge in [0.1, 0.15) is 0 Å². The normalized spacial score (nSPS) is 9.47. The van der Waals surface area contributed by atoms with Gasteiger partial charge in [0.25, 0.3) is 0 Å². The molecule has 0 unspecified atom stereocenters. The van der Waals surface area contributed by atoms with E-state index in [1.54, 1.807) is 31.2 Å². The number of hydrogen-bond donors (Lipinski definition) is 0. The molecule has 2 nitrogen and oxygen atoms in total. The highest BCUT2D eigenvalue weighted by atomic mass is 16.1. The van der Waals surface area contributed by atoms with E-state index in [1.807, 2.05) is 0 Å². The molecule has 0 saturated carbocycles. The second kappa shape index (κ2) is 5.21.